The molecule has 2 aromatic rings. The van der Waals surface area contributed by atoms with Crippen LogP contribution in [0.3, 0.4) is 0 Å². The average molecular weight is 361 g/mol. The van der Waals surface area contributed by atoms with Crippen LogP contribution in [0.15, 0.2) is 27.3 Å². The van der Waals surface area contributed by atoms with Crippen molar-refractivity contribution in [1.82, 2.24) is 10.3 Å². The molecule has 0 bridgehead atoms. The summed E-state index contributed by atoms with van der Waals surface area (Å²) in [6.07, 6.45) is 1.26. The molecular weight excluding hydrogens is 346 g/mol. The van der Waals surface area contributed by atoms with Crippen molar-refractivity contribution in [3.8, 4) is 11.8 Å². The molecule has 1 heterocycles. The second kappa shape index (κ2) is 6.11. The van der Waals surface area contributed by atoms with E-state index in [4.69, 9.17) is 9.15 Å². The lowest BCUT2D eigenvalue weighted by Crippen LogP contribution is -2.35. The van der Waals surface area contributed by atoms with Crippen LogP contribution in [0.25, 0.3) is 0 Å². The number of hydrogen-bond acceptors (Lipinski definition) is 4. The van der Waals surface area contributed by atoms with Gasteiger partial charge in [0.15, 0.2) is 11.6 Å². The zero-order chi connectivity index (χ0) is 15.6. The third-order valence-electron chi connectivity index (χ3n) is 2.49. The molecule has 0 fully saturated rings. The molecule has 21 heavy (non-hydrogen) atoms. The first-order chi connectivity index (χ1) is 9.74. The minimum Gasteiger partial charge on any atom is -0.417 e. The molecule has 0 aliphatic rings. The maximum atomic E-state index is 13.6. The van der Waals surface area contributed by atoms with Gasteiger partial charge in [-0.15, -0.1) is 0 Å². The highest BCUT2D eigenvalue weighted by atomic mass is 79.9. The van der Waals surface area contributed by atoms with Gasteiger partial charge in [-0.05, 0) is 32.9 Å². The molecule has 1 aromatic carbocycles. The van der Waals surface area contributed by atoms with E-state index in [1.807, 2.05) is 20.8 Å². The first-order valence-electron chi connectivity index (χ1n) is 6.26. The number of hydrogen-bond donors (Lipinski definition) is 1. The molecule has 114 valence electrons. The van der Waals surface area contributed by atoms with E-state index in [-0.39, 0.29) is 17.4 Å². The lowest BCUT2D eigenvalue weighted by molar-refractivity contribution is 0.312. The predicted molar refractivity (Wildman–Crippen MR) is 77.2 cm³/mol. The molecule has 0 unspecified atom stereocenters. The maximum Gasteiger partial charge on any atom is 0.399 e. The van der Waals surface area contributed by atoms with Gasteiger partial charge in [-0.1, -0.05) is 15.9 Å². The molecule has 1 N–H and O–H groups in total. The summed E-state index contributed by atoms with van der Waals surface area (Å²) in [4.78, 5) is 4.05. The molecule has 1 aromatic heterocycles. The van der Waals surface area contributed by atoms with Crippen molar-refractivity contribution >= 4 is 15.9 Å². The van der Waals surface area contributed by atoms with Gasteiger partial charge >= 0.3 is 6.08 Å². The van der Waals surface area contributed by atoms with Gasteiger partial charge < -0.3 is 14.5 Å². The lowest BCUT2D eigenvalue weighted by Gasteiger charge is -2.19. The average Bonchev–Trinajstić information content (AvgIpc) is 2.80. The van der Waals surface area contributed by atoms with Crippen LogP contribution >= 0.6 is 15.9 Å². The van der Waals surface area contributed by atoms with Gasteiger partial charge in [-0.25, -0.2) is 4.39 Å². The second-order valence-corrected chi connectivity index (χ2v) is 6.43. The SMILES string of the molecule is CC(C)(C)NCc1coc(Oc2cc(Br)cc(F)c2F)n1. The van der Waals surface area contributed by atoms with Crippen LogP contribution in [0.2, 0.25) is 0 Å². The first kappa shape index (κ1) is 15.9. The third-order valence-corrected chi connectivity index (χ3v) is 2.95. The smallest absolute Gasteiger partial charge is 0.399 e. The highest BCUT2D eigenvalue weighted by Gasteiger charge is 2.16. The van der Waals surface area contributed by atoms with Gasteiger partial charge in [0.2, 0.25) is 5.82 Å². The number of nitrogens with one attached hydrogen (secondary N) is 1. The Kier molecular flexibility index (Phi) is 4.63. The van der Waals surface area contributed by atoms with Crippen molar-refractivity contribution in [1.29, 1.82) is 0 Å². The van der Waals surface area contributed by atoms with Gasteiger partial charge in [-0.2, -0.15) is 9.37 Å². The normalized spacial score (nSPS) is 11.7. The van der Waals surface area contributed by atoms with Crippen LogP contribution in [-0.4, -0.2) is 10.5 Å². The fourth-order valence-corrected chi connectivity index (χ4v) is 1.88. The fourth-order valence-electron chi connectivity index (χ4n) is 1.47. The molecule has 0 aliphatic carbocycles. The number of aromatic nitrogens is 1. The molecule has 0 spiro atoms. The van der Waals surface area contributed by atoms with Crippen LogP contribution in [0.4, 0.5) is 8.78 Å². The third kappa shape index (κ3) is 4.50. The summed E-state index contributed by atoms with van der Waals surface area (Å²) in [5.41, 5.74) is 0.537. The van der Waals surface area contributed by atoms with Gasteiger partial charge in [0.25, 0.3) is 0 Å². The molecule has 2 rings (SSSR count). The van der Waals surface area contributed by atoms with E-state index in [1.165, 1.54) is 12.3 Å². The number of halogens is 3. The summed E-state index contributed by atoms with van der Waals surface area (Å²) in [5, 5.41) is 3.23. The Morgan fingerprint density at radius 1 is 1.33 bits per heavy atom. The Labute approximate surface area is 129 Å². The van der Waals surface area contributed by atoms with Crippen LogP contribution in [0, 0.1) is 11.6 Å². The number of ether oxygens (including phenoxy) is 1. The molecule has 0 amide bonds. The van der Waals surface area contributed by atoms with E-state index < -0.39 is 11.6 Å². The van der Waals surface area contributed by atoms with Gasteiger partial charge in [-0.3, -0.25) is 0 Å². The summed E-state index contributed by atoms with van der Waals surface area (Å²) < 4.78 is 37.4. The summed E-state index contributed by atoms with van der Waals surface area (Å²) in [5.74, 6) is -2.40. The molecule has 0 atom stereocenters. The Hall–Kier alpha value is -1.47. The Bertz CT molecular complexity index is 638. The van der Waals surface area contributed by atoms with E-state index in [2.05, 4.69) is 26.2 Å². The first-order valence-corrected chi connectivity index (χ1v) is 7.06. The van der Waals surface area contributed by atoms with Crippen molar-refractivity contribution in [3.63, 3.8) is 0 Å². The molecule has 0 saturated heterocycles. The Morgan fingerprint density at radius 2 is 2.05 bits per heavy atom. The topological polar surface area (TPSA) is 47.3 Å². The minimum absolute atomic E-state index is 0.0699. The Morgan fingerprint density at radius 3 is 2.71 bits per heavy atom. The van der Waals surface area contributed by atoms with Crippen molar-refractivity contribution in [2.45, 2.75) is 32.9 Å². The molecule has 0 aliphatic heterocycles. The zero-order valence-corrected chi connectivity index (χ0v) is 13.4. The lowest BCUT2D eigenvalue weighted by atomic mass is 10.1. The largest absolute Gasteiger partial charge is 0.417 e. The van der Waals surface area contributed by atoms with Crippen molar-refractivity contribution in [3.05, 3.63) is 40.2 Å². The number of oxazole rings is 1. The molecule has 4 nitrogen and oxygen atoms in total. The van der Waals surface area contributed by atoms with Gasteiger partial charge in [0.05, 0.1) is 5.69 Å². The van der Waals surface area contributed by atoms with Crippen molar-refractivity contribution < 1.29 is 17.9 Å². The van der Waals surface area contributed by atoms with Crippen molar-refractivity contribution in [2.24, 2.45) is 0 Å². The maximum absolute atomic E-state index is 13.6. The van der Waals surface area contributed by atoms with E-state index >= 15 is 0 Å². The summed E-state index contributed by atoms with van der Waals surface area (Å²) in [6, 6.07) is 2.31. The Balaban J connectivity index is 2.09. The standard InChI is InChI=1S/C14H15BrF2N2O2/c1-14(2,3)18-6-9-7-20-13(19-9)21-11-5-8(15)4-10(16)12(11)17/h4-5,7,18H,6H2,1-3H3. The van der Waals surface area contributed by atoms with Crippen LogP contribution in [0.1, 0.15) is 26.5 Å². The van der Waals surface area contributed by atoms with E-state index in [9.17, 15) is 8.78 Å². The van der Waals surface area contributed by atoms with Crippen molar-refractivity contribution in [2.75, 3.05) is 0 Å². The van der Waals surface area contributed by atoms with Crippen LogP contribution in [-0.2, 0) is 6.54 Å². The quantitative estimate of drug-likeness (QED) is 0.821. The highest BCUT2D eigenvalue weighted by Crippen LogP contribution is 2.29. The highest BCUT2D eigenvalue weighted by molar-refractivity contribution is 9.10. The molecule has 0 saturated carbocycles. The molecule has 7 heteroatoms. The number of benzene rings is 1. The van der Waals surface area contributed by atoms with Gasteiger partial charge in [0, 0.05) is 16.6 Å². The van der Waals surface area contributed by atoms with Crippen LogP contribution < -0.4 is 10.1 Å². The monoisotopic (exact) mass is 360 g/mol. The van der Waals surface area contributed by atoms with E-state index in [0.29, 0.717) is 16.7 Å². The summed E-state index contributed by atoms with van der Waals surface area (Å²) in [7, 11) is 0. The van der Waals surface area contributed by atoms with E-state index in [0.717, 1.165) is 6.07 Å². The van der Waals surface area contributed by atoms with Crippen LogP contribution in [0.5, 0.6) is 11.8 Å². The molecular formula is C14H15BrF2N2O2. The summed E-state index contributed by atoms with van der Waals surface area (Å²) >= 11 is 3.06. The number of nitrogens with zero attached hydrogens (tertiary/aromatic N) is 1. The van der Waals surface area contributed by atoms with Gasteiger partial charge in [0.1, 0.15) is 6.26 Å². The minimum atomic E-state index is -1.09. The second-order valence-electron chi connectivity index (χ2n) is 5.51. The summed E-state index contributed by atoms with van der Waals surface area (Å²) in [6.45, 7) is 6.53. The fraction of sp³-hybridized carbons (Fsp3) is 0.357. The predicted octanol–water partition coefficient (Wildman–Crippen LogP) is 4.40. The number of rotatable bonds is 4. The molecule has 0 radical (unpaired) electrons. The zero-order valence-electron chi connectivity index (χ0n) is 11.8. The van der Waals surface area contributed by atoms with E-state index in [1.54, 1.807) is 0 Å².